The Bertz CT molecular complexity index is 124. The molecule has 4 heteroatoms. The lowest BCUT2D eigenvalue weighted by Gasteiger charge is -1.57. The third-order valence-corrected chi connectivity index (χ3v) is 1.08. The molecule has 0 bridgehead atoms. The molecule has 0 heterocycles. The van der Waals surface area contributed by atoms with Crippen molar-refractivity contribution >= 4 is 28.3 Å². The fourth-order valence-corrected chi connectivity index (χ4v) is 0.548. The first-order chi connectivity index (χ1) is 2.77. The van der Waals surface area contributed by atoms with Crippen LogP contribution in [0.4, 0.5) is 0 Å². The standard InChI is InChI=1S/C2H4O2S2/c3-6(4)2-1-5/h2,5H,1H2. The third-order valence-electron chi connectivity index (χ3n) is 0.211. The Morgan fingerprint density at radius 2 is 2.17 bits per heavy atom. The first-order valence-electron chi connectivity index (χ1n) is 1.29. The van der Waals surface area contributed by atoms with Crippen LogP contribution < -0.4 is 0 Å². The molecule has 36 valence electrons. The van der Waals surface area contributed by atoms with Gasteiger partial charge in [-0.1, -0.05) is 0 Å². The lowest BCUT2D eigenvalue weighted by atomic mass is 11.0. The highest BCUT2D eigenvalue weighted by Gasteiger charge is 1.61. The summed E-state index contributed by atoms with van der Waals surface area (Å²) in [5.74, 6) is 0.288. The summed E-state index contributed by atoms with van der Waals surface area (Å²) < 4.78 is 19.0. The maximum absolute atomic E-state index is 9.49. The number of rotatable bonds is 1. The van der Waals surface area contributed by atoms with Gasteiger partial charge in [0, 0.05) is 11.1 Å². The lowest BCUT2D eigenvalue weighted by molar-refractivity contribution is 0.627. The SMILES string of the molecule is O=S(=O)=CCS. The van der Waals surface area contributed by atoms with Crippen molar-refractivity contribution in [1.82, 2.24) is 0 Å². The zero-order valence-corrected chi connectivity index (χ0v) is 4.67. The molecule has 0 spiro atoms. The minimum atomic E-state index is -2.02. The highest BCUT2D eigenvalue weighted by molar-refractivity contribution is 7.83. The largest absolute Gasteiger partial charge is 0.210 e. The Hall–Kier alpha value is 0.0400. The average molecular weight is 124 g/mol. The number of hydrogen-bond donors (Lipinski definition) is 1. The van der Waals surface area contributed by atoms with Gasteiger partial charge in [0.2, 0.25) is 10.3 Å². The lowest BCUT2D eigenvalue weighted by Crippen LogP contribution is -1.71. The molecule has 0 radical (unpaired) electrons. The van der Waals surface area contributed by atoms with Crippen molar-refractivity contribution in [3.63, 3.8) is 0 Å². The summed E-state index contributed by atoms with van der Waals surface area (Å²) in [5, 5.41) is 1.07. The fourth-order valence-electron chi connectivity index (χ4n) is 0.0609. The molecule has 0 aromatic carbocycles. The molecule has 0 aliphatic heterocycles. The van der Waals surface area contributed by atoms with Gasteiger partial charge in [0.25, 0.3) is 0 Å². The Balaban J connectivity index is 3.78. The smallest absolute Gasteiger partial charge is 0.185 e. The summed E-state index contributed by atoms with van der Waals surface area (Å²) in [6.07, 6.45) is 0. The predicted molar refractivity (Wildman–Crippen MR) is 28.8 cm³/mol. The summed E-state index contributed by atoms with van der Waals surface area (Å²) in [4.78, 5) is 0. The van der Waals surface area contributed by atoms with Crippen LogP contribution >= 0.6 is 12.6 Å². The second kappa shape index (κ2) is 3.24. The second-order valence-corrected chi connectivity index (χ2v) is 1.83. The van der Waals surface area contributed by atoms with Gasteiger partial charge in [-0.15, -0.1) is 0 Å². The molecule has 0 aromatic rings. The second-order valence-electron chi connectivity index (χ2n) is 0.610. The quantitative estimate of drug-likeness (QED) is 0.381. The summed E-state index contributed by atoms with van der Waals surface area (Å²) in [6, 6.07) is 0. The van der Waals surface area contributed by atoms with Gasteiger partial charge in [0.05, 0.1) is 0 Å². The molecule has 0 rings (SSSR count). The molecule has 0 aliphatic rings. The van der Waals surface area contributed by atoms with Gasteiger partial charge in [-0.3, -0.25) is 0 Å². The van der Waals surface area contributed by atoms with Crippen LogP contribution in [0.25, 0.3) is 0 Å². The molecule has 6 heavy (non-hydrogen) atoms. The van der Waals surface area contributed by atoms with Crippen LogP contribution in [0.2, 0.25) is 0 Å². The van der Waals surface area contributed by atoms with Crippen LogP contribution in [0, 0.1) is 0 Å². The Kier molecular flexibility index (Phi) is 3.26. The van der Waals surface area contributed by atoms with Crippen molar-refractivity contribution in [2.45, 2.75) is 0 Å². The summed E-state index contributed by atoms with van der Waals surface area (Å²) in [7, 11) is -2.02. The minimum Gasteiger partial charge on any atom is -0.185 e. The molecule has 0 aliphatic carbocycles. The first kappa shape index (κ1) is 6.04. The zero-order chi connectivity index (χ0) is 4.99. The van der Waals surface area contributed by atoms with Crippen LogP contribution in [0.3, 0.4) is 0 Å². The molecular weight excluding hydrogens is 120 g/mol. The van der Waals surface area contributed by atoms with Crippen molar-refractivity contribution < 1.29 is 8.42 Å². The average Bonchev–Trinajstić information content (AvgIpc) is 1.35. The van der Waals surface area contributed by atoms with E-state index in [1.807, 2.05) is 0 Å². The van der Waals surface area contributed by atoms with Crippen LogP contribution in [0.5, 0.6) is 0 Å². The Morgan fingerprint density at radius 3 is 2.17 bits per heavy atom. The Morgan fingerprint density at radius 1 is 1.67 bits per heavy atom. The van der Waals surface area contributed by atoms with Crippen LogP contribution in [-0.4, -0.2) is 19.5 Å². The Labute approximate surface area is 43.1 Å². The van der Waals surface area contributed by atoms with Crippen LogP contribution in [0.15, 0.2) is 0 Å². The molecule has 2 nitrogen and oxygen atoms in total. The molecule has 0 N–H and O–H groups in total. The molecule has 0 unspecified atom stereocenters. The maximum Gasteiger partial charge on any atom is 0.210 e. The van der Waals surface area contributed by atoms with Gasteiger partial charge >= 0.3 is 0 Å². The van der Waals surface area contributed by atoms with Crippen LogP contribution in [0.1, 0.15) is 0 Å². The van der Waals surface area contributed by atoms with Crippen molar-refractivity contribution in [2.75, 3.05) is 5.75 Å². The maximum atomic E-state index is 9.49. The highest BCUT2D eigenvalue weighted by atomic mass is 32.2. The predicted octanol–water partition coefficient (Wildman–Crippen LogP) is -0.402. The van der Waals surface area contributed by atoms with E-state index in [2.05, 4.69) is 12.6 Å². The minimum absolute atomic E-state index is 0.288. The van der Waals surface area contributed by atoms with E-state index in [1.54, 1.807) is 0 Å². The zero-order valence-electron chi connectivity index (χ0n) is 2.96. The van der Waals surface area contributed by atoms with Gasteiger partial charge in [-0.25, -0.2) is 0 Å². The molecule has 0 saturated carbocycles. The van der Waals surface area contributed by atoms with Crippen molar-refractivity contribution in [3.8, 4) is 0 Å². The molecule has 0 saturated heterocycles. The van der Waals surface area contributed by atoms with E-state index in [0.29, 0.717) is 0 Å². The van der Waals surface area contributed by atoms with Crippen LogP contribution in [-0.2, 0) is 10.3 Å². The van der Waals surface area contributed by atoms with Crippen molar-refractivity contribution in [1.29, 1.82) is 0 Å². The monoisotopic (exact) mass is 124 g/mol. The van der Waals surface area contributed by atoms with E-state index in [1.165, 1.54) is 0 Å². The van der Waals surface area contributed by atoms with Gasteiger partial charge in [0.1, 0.15) is 0 Å². The fraction of sp³-hybridized carbons (Fsp3) is 0.500. The molecule has 0 fully saturated rings. The van der Waals surface area contributed by atoms with Gasteiger partial charge in [-0.05, 0) is 0 Å². The molecular formula is C2H4O2S2. The molecule has 0 amide bonds. The topological polar surface area (TPSA) is 34.1 Å². The van der Waals surface area contributed by atoms with Crippen molar-refractivity contribution in [2.24, 2.45) is 0 Å². The normalized spacial score (nSPS) is 7.50. The highest BCUT2D eigenvalue weighted by Crippen LogP contribution is 1.59. The van der Waals surface area contributed by atoms with E-state index >= 15 is 0 Å². The van der Waals surface area contributed by atoms with E-state index in [-0.39, 0.29) is 5.75 Å². The molecule has 0 aromatic heterocycles. The van der Waals surface area contributed by atoms with E-state index in [9.17, 15) is 8.42 Å². The van der Waals surface area contributed by atoms with Gasteiger partial charge in [0.15, 0.2) is 0 Å². The third kappa shape index (κ3) is 4.04. The van der Waals surface area contributed by atoms with E-state index in [4.69, 9.17) is 0 Å². The summed E-state index contributed by atoms with van der Waals surface area (Å²) in [6.45, 7) is 0. The first-order valence-corrected chi connectivity index (χ1v) is 3.06. The number of hydrogen-bond acceptors (Lipinski definition) is 3. The number of thiol groups is 1. The van der Waals surface area contributed by atoms with Gasteiger partial charge < -0.3 is 0 Å². The van der Waals surface area contributed by atoms with Crippen molar-refractivity contribution in [3.05, 3.63) is 0 Å². The van der Waals surface area contributed by atoms with E-state index in [0.717, 1.165) is 5.37 Å². The summed E-state index contributed by atoms with van der Waals surface area (Å²) >= 11 is 3.61. The molecule has 0 atom stereocenters. The van der Waals surface area contributed by atoms with E-state index < -0.39 is 10.3 Å². The van der Waals surface area contributed by atoms with Gasteiger partial charge in [-0.2, -0.15) is 21.0 Å². The summed E-state index contributed by atoms with van der Waals surface area (Å²) in [5.41, 5.74) is 0.